The minimum absolute atomic E-state index is 0.364. The van der Waals surface area contributed by atoms with Crippen LogP contribution in [0.2, 0.25) is 0 Å². The van der Waals surface area contributed by atoms with Gasteiger partial charge in [0.25, 0.3) is 0 Å². The minimum Gasteiger partial charge on any atom is -0.351 e. The van der Waals surface area contributed by atoms with Crippen molar-refractivity contribution in [1.82, 2.24) is 4.72 Å². The Hall–Kier alpha value is -0.380. The highest BCUT2D eigenvalue weighted by Crippen LogP contribution is 2.02. The molecule has 0 bridgehead atoms. The molecular weight excluding hydrogens is 112 g/mol. The van der Waals surface area contributed by atoms with Gasteiger partial charge in [-0.05, 0) is 12.5 Å². The number of rotatable bonds is 1. The van der Waals surface area contributed by atoms with Gasteiger partial charge < -0.3 is 10.5 Å². The van der Waals surface area contributed by atoms with Crippen molar-refractivity contribution in [1.29, 1.82) is 0 Å². The summed E-state index contributed by atoms with van der Waals surface area (Å²) in [6.07, 6.45) is 3.83. The number of carbonyl (C=O) groups excluding carboxylic acids is 1. The van der Waals surface area contributed by atoms with Crippen molar-refractivity contribution in [2.45, 2.75) is 0 Å². The van der Waals surface area contributed by atoms with Crippen LogP contribution >= 0.6 is 11.1 Å². The highest BCUT2D eigenvalue weighted by atomic mass is 32.2. The van der Waals surface area contributed by atoms with Crippen LogP contribution in [0.5, 0.6) is 0 Å². The second-order valence-corrected chi connectivity index (χ2v) is 3.38. The summed E-state index contributed by atoms with van der Waals surface area (Å²) in [4.78, 5) is 9.94. The number of thiol groups is 1. The minimum atomic E-state index is -0.434. The summed E-state index contributed by atoms with van der Waals surface area (Å²) in [5.41, 5.74) is 4.76. The number of carbonyl (C=O) groups is 1. The zero-order chi connectivity index (χ0) is 5.86. The average molecular weight is 122 g/mol. The van der Waals surface area contributed by atoms with Crippen molar-refractivity contribution in [2.24, 2.45) is 5.73 Å². The van der Waals surface area contributed by atoms with Gasteiger partial charge in [-0.15, -0.1) is 0 Å². The number of hydrogen-bond acceptors (Lipinski definition) is 1. The number of hydrogen-bond donors (Lipinski definition) is 3. The highest BCUT2D eigenvalue weighted by molar-refractivity contribution is 8.14. The molecule has 3 nitrogen and oxygen atoms in total. The third kappa shape index (κ3) is 5.62. The van der Waals surface area contributed by atoms with E-state index in [0.29, 0.717) is 0 Å². The summed E-state index contributed by atoms with van der Waals surface area (Å²) in [5, 5.41) is 0. The van der Waals surface area contributed by atoms with Crippen molar-refractivity contribution in [3.05, 3.63) is 0 Å². The summed E-state index contributed by atoms with van der Waals surface area (Å²) in [6.45, 7) is 0. The second-order valence-electron chi connectivity index (χ2n) is 1.37. The molecule has 0 aromatic heterocycles. The normalized spacial score (nSPS) is 10.3. The molecule has 2 amide bonds. The van der Waals surface area contributed by atoms with Crippen molar-refractivity contribution >= 4 is 17.1 Å². The van der Waals surface area contributed by atoms with Crippen LogP contribution in [0, 0.1) is 0 Å². The fraction of sp³-hybridized carbons (Fsp3) is 0.667. The number of urea groups is 1. The standard InChI is InChI=1S/C3H10N2OS/c1-7(2)5-3(4)6/h7H,1-2H3,(H3,4,5,6). The molecule has 0 saturated carbocycles. The van der Waals surface area contributed by atoms with Crippen LogP contribution in [-0.4, -0.2) is 18.5 Å². The van der Waals surface area contributed by atoms with Crippen LogP contribution in [0.25, 0.3) is 0 Å². The lowest BCUT2D eigenvalue weighted by Crippen LogP contribution is -2.25. The quantitative estimate of drug-likeness (QED) is 0.415. The van der Waals surface area contributed by atoms with E-state index < -0.39 is 6.03 Å². The maximum absolute atomic E-state index is 9.94. The number of amides is 2. The zero-order valence-electron chi connectivity index (χ0n) is 4.43. The molecule has 3 N–H and O–H groups in total. The Bertz CT molecular complexity index is 73.3. The van der Waals surface area contributed by atoms with Gasteiger partial charge in [0.1, 0.15) is 0 Å². The molecule has 7 heavy (non-hydrogen) atoms. The van der Waals surface area contributed by atoms with Gasteiger partial charge in [-0.2, -0.15) is 11.1 Å². The number of nitrogens with two attached hydrogens (primary N) is 1. The third-order valence-electron chi connectivity index (χ3n) is 0.334. The molecule has 0 spiro atoms. The molecule has 0 aliphatic heterocycles. The molecule has 0 aromatic carbocycles. The molecule has 0 rings (SSSR count). The van der Waals surface area contributed by atoms with Crippen LogP contribution in [0.4, 0.5) is 4.79 Å². The molecular formula is C3H10N2OS. The second kappa shape index (κ2) is 2.74. The molecule has 0 saturated heterocycles. The zero-order valence-corrected chi connectivity index (χ0v) is 5.33. The molecule has 0 heterocycles. The highest BCUT2D eigenvalue weighted by Gasteiger charge is 1.87. The van der Waals surface area contributed by atoms with Gasteiger partial charge in [-0.3, -0.25) is 0 Å². The first-order chi connectivity index (χ1) is 3.13. The van der Waals surface area contributed by atoms with Gasteiger partial charge >= 0.3 is 6.03 Å². The van der Waals surface area contributed by atoms with Gasteiger partial charge in [0.15, 0.2) is 0 Å². The molecule has 44 valence electrons. The lowest BCUT2D eigenvalue weighted by molar-refractivity contribution is 0.254. The van der Waals surface area contributed by atoms with Crippen molar-refractivity contribution in [2.75, 3.05) is 12.5 Å². The Labute approximate surface area is 45.7 Å². The molecule has 0 atom stereocenters. The number of primary amides is 1. The smallest absolute Gasteiger partial charge is 0.320 e. The van der Waals surface area contributed by atoms with Crippen molar-refractivity contribution in [3.63, 3.8) is 0 Å². The Kier molecular flexibility index (Phi) is 2.59. The topological polar surface area (TPSA) is 55.1 Å². The van der Waals surface area contributed by atoms with E-state index in [1.165, 1.54) is 0 Å². The van der Waals surface area contributed by atoms with E-state index in [0.717, 1.165) is 0 Å². The lowest BCUT2D eigenvalue weighted by Gasteiger charge is -2.06. The molecule has 4 heteroatoms. The van der Waals surface area contributed by atoms with Crippen LogP contribution in [0.1, 0.15) is 0 Å². The van der Waals surface area contributed by atoms with Crippen LogP contribution in [0.3, 0.4) is 0 Å². The van der Waals surface area contributed by atoms with Crippen LogP contribution in [0.15, 0.2) is 0 Å². The predicted octanol–water partition coefficient (Wildman–Crippen LogP) is -0.169. The number of nitrogens with one attached hydrogen (secondary N) is 1. The van der Waals surface area contributed by atoms with E-state index in [4.69, 9.17) is 5.73 Å². The molecule has 0 aromatic rings. The van der Waals surface area contributed by atoms with E-state index in [1.54, 1.807) is 0 Å². The monoisotopic (exact) mass is 122 g/mol. The summed E-state index contributed by atoms with van der Waals surface area (Å²) in [5.74, 6) is 0. The maximum Gasteiger partial charge on any atom is 0.320 e. The molecule has 0 aliphatic rings. The van der Waals surface area contributed by atoms with Gasteiger partial charge in [0.05, 0.1) is 0 Å². The van der Waals surface area contributed by atoms with Gasteiger partial charge in [0, 0.05) is 0 Å². The summed E-state index contributed by atoms with van der Waals surface area (Å²) in [6, 6.07) is -0.434. The predicted molar refractivity (Wildman–Crippen MR) is 33.6 cm³/mol. The SMILES string of the molecule is C[SH](C)NC(N)=O. The largest absolute Gasteiger partial charge is 0.351 e. The Morgan fingerprint density at radius 3 is 2.14 bits per heavy atom. The van der Waals surface area contributed by atoms with Crippen molar-refractivity contribution in [3.8, 4) is 0 Å². The molecule has 0 aliphatic carbocycles. The Morgan fingerprint density at radius 1 is 1.71 bits per heavy atom. The first kappa shape index (κ1) is 6.62. The molecule has 0 radical (unpaired) electrons. The van der Waals surface area contributed by atoms with Gasteiger partial charge in [-0.25, -0.2) is 4.79 Å². The van der Waals surface area contributed by atoms with E-state index in [2.05, 4.69) is 4.72 Å². The fourth-order valence-corrected chi connectivity index (χ4v) is 0.661. The van der Waals surface area contributed by atoms with E-state index in [1.807, 2.05) is 12.5 Å². The summed E-state index contributed by atoms with van der Waals surface area (Å²) >= 11 is -0.364. The molecule has 0 unspecified atom stereocenters. The van der Waals surface area contributed by atoms with E-state index in [9.17, 15) is 4.79 Å². The first-order valence-electron chi connectivity index (χ1n) is 1.86. The van der Waals surface area contributed by atoms with Crippen LogP contribution in [-0.2, 0) is 0 Å². The Balaban J connectivity index is 3.13. The Morgan fingerprint density at radius 2 is 2.14 bits per heavy atom. The first-order valence-corrected chi connectivity index (χ1v) is 4.10. The van der Waals surface area contributed by atoms with E-state index in [-0.39, 0.29) is 11.1 Å². The third-order valence-corrected chi connectivity index (χ3v) is 1.00. The van der Waals surface area contributed by atoms with Crippen molar-refractivity contribution < 1.29 is 4.79 Å². The summed E-state index contributed by atoms with van der Waals surface area (Å²) < 4.78 is 2.51. The van der Waals surface area contributed by atoms with E-state index >= 15 is 0 Å². The van der Waals surface area contributed by atoms with Crippen LogP contribution < -0.4 is 10.5 Å². The maximum atomic E-state index is 9.94. The molecule has 0 fully saturated rings. The van der Waals surface area contributed by atoms with Gasteiger partial charge in [-0.1, -0.05) is 0 Å². The average Bonchev–Trinajstić information content (AvgIpc) is 1.27. The van der Waals surface area contributed by atoms with Gasteiger partial charge in [0.2, 0.25) is 0 Å². The fourth-order valence-electron chi connectivity index (χ4n) is 0.220. The lowest BCUT2D eigenvalue weighted by atomic mass is 11.2. The summed E-state index contributed by atoms with van der Waals surface area (Å²) in [7, 11) is 0.